The van der Waals surface area contributed by atoms with Crippen LogP contribution in [0.3, 0.4) is 0 Å². The quantitative estimate of drug-likeness (QED) is 0.142. The topological polar surface area (TPSA) is 28.9 Å². The Hall–Kier alpha value is -9.38. The summed E-state index contributed by atoms with van der Waals surface area (Å²) in [6.07, 6.45) is 0. The summed E-state index contributed by atoms with van der Waals surface area (Å²) in [6, 6.07) is 87.3. The first-order valence-electron chi connectivity index (χ1n) is 24.7. The largest absolute Gasteiger partial charge is 0.456 e. The molecule has 0 amide bonds. The minimum atomic E-state index is 0.801. The van der Waals surface area contributed by atoms with Gasteiger partial charge in [-0.1, -0.05) is 175 Å². The molecule has 0 radical (unpaired) electrons. The summed E-state index contributed by atoms with van der Waals surface area (Å²) in [5.74, 6) is 1.65. The maximum atomic E-state index is 7.22. The molecule has 4 nitrogen and oxygen atoms in total. The van der Waals surface area contributed by atoms with Gasteiger partial charge >= 0.3 is 0 Å². The van der Waals surface area contributed by atoms with Gasteiger partial charge in [-0.25, -0.2) is 0 Å². The molecular formula is C68H46N2O2. The smallest absolute Gasteiger partial charge is 0.159 e. The molecule has 0 aliphatic carbocycles. The molecule has 72 heavy (non-hydrogen) atoms. The maximum absolute atomic E-state index is 7.22. The highest BCUT2D eigenvalue weighted by atomic mass is 16.5. The van der Waals surface area contributed by atoms with E-state index in [2.05, 4.69) is 254 Å². The number of furan rings is 1. The molecule has 0 atom stereocenters. The number of benzene rings is 12. The standard InChI is InChI=1S/C68H46N2O2/c1-43-33-35-51-55(37-43)56-41-59-53-36-34-48(70(61-30-16-13-26-50(61)46-21-8-4-9-22-46)62-31-18-28-54-52-27-14-17-32-64(52)72-68(54)62)40-65(53)71-66-39-44(2)38-58(67(59)66)57(56)42-63(51)69(47-23-10-5-11-24-47)60-29-15-12-25-49(60)45-19-6-3-7-20-45/h3-42H,1-2H3. The van der Waals surface area contributed by atoms with E-state index < -0.39 is 0 Å². The van der Waals surface area contributed by atoms with Gasteiger partial charge in [-0.15, -0.1) is 0 Å². The van der Waals surface area contributed by atoms with E-state index in [9.17, 15) is 0 Å². The molecule has 0 saturated heterocycles. The molecule has 1 aliphatic rings. The highest BCUT2D eigenvalue weighted by molar-refractivity contribution is 6.26. The third-order valence-electron chi connectivity index (χ3n) is 14.5. The fourth-order valence-electron chi connectivity index (χ4n) is 11.3. The maximum Gasteiger partial charge on any atom is 0.159 e. The van der Waals surface area contributed by atoms with E-state index in [-0.39, 0.29) is 0 Å². The fourth-order valence-corrected chi connectivity index (χ4v) is 11.3. The van der Waals surface area contributed by atoms with E-state index in [0.717, 1.165) is 112 Å². The van der Waals surface area contributed by atoms with Gasteiger partial charge in [0.1, 0.15) is 17.1 Å². The Kier molecular flexibility index (Phi) is 9.62. The average Bonchev–Trinajstić information content (AvgIpc) is 3.82. The molecular weight excluding hydrogens is 877 g/mol. The van der Waals surface area contributed by atoms with Crippen molar-refractivity contribution in [1.29, 1.82) is 0 Å². The van der Waals surface area contributed by atoms with Crippen LogP contribution in [0.15, 0.2) is 247 Å². The summed E-state index contributed by atoms with van der Waals surface area (Å²) in [5.41, 5.74) is 17.0. The summed E-state index contributed by atoms with van der Waals surface area (Å²) in [5, 5.41) is 9.19. The Labute approximate surface area is 417 Å². The minimum Gasteiger partial charge on any atom is -0.456 e. The third kappa shape index (κ3) is 6.68. The van der Waals surface area contributed by atoms with Crippen molar-refractivity contribution in [3.05, 3.63) is 254 Å². The second-order valence-electron chi connectivity index (χ2n) is 19.0. The number of nitrogens with zero attached hydrogens (tertiary/aromatic N) is 2. The fraction of sp³-hybridized carbons (Fsp3) is 0.0294. The summed E-state index contributed by atoms with van der Waals surface area (Å²) >= 11 is 0. The summed E-state index contributed by atoms with van der Waals surface area (Å²) < 4.78 is 14.0. The number of fused-ring (bicyclic) bond motifs is 9. The van der Waals surface area contributed by atoms with Crippen molar-refractivity contribution in [2.45, 2.75) is 13.8 Å². The van der Waals surface area contributed by atoms with Gasteiger partial charge in [0, 0.05) is 50.0 Å². The molecule has 2 heterocycles. The van der Waals surface area contributed by atoms with Crippen molar-refractivity contribution in [2.75, 3.05) is 9.80 Å². The molecule has 0 unspecified atom stereocenters. The summed E-state index contributed by atoms with van der Waals surface area (Å²) in [4.78, 5) is 4.79. The number of hydrogen-bond acceptors (Lipinski definition) is 4. The van der Waals surface area contributed by atoms with Gasteiger partial charge in [-0.3, -0.25) is 0 Å². The van der Waals surface area contributed by atoms with Crippen LogP contribution in [0, 0.1) is 13.8 Å². The molecule has 13 aromatic rings. The second kappa shape index (κ2) is 16.6. The molecule has 0 saturated carbocycles. The van der Waals surface area contributed by atoms with E-state index in [1.807, 2.05) is 12.1 Å². The van der Waals surface area contributed by atoms with Gasteiger partial charge in [-0.05, 0) is 124 Å². The van der Waals surface area contributed by atoms with Crippen molar-refractivity contribution >= 4 is 88.4 Å². The molecule has 0 bridgehead atoms. The van der Waals surface area contributed by atoms with Crippen LogP contribution in [0.5, 0.6) is 11.5 Å². The predicted molar refractivity (Wildman–Crippen MR) is 301 cm³/mol. The Balaban J connectivity index is 1.00. The normalized spacial score (nSPS) is 11.9. The van der Waals surface area contributed by atoms with E-state index in [0.29, 0.717) is 0 Å². The average molecular weight is 923 g/mol. The summed E-state index contributed by atoms with van der Waals surface area (Å²) in [7, 11) is 0. The zero-order valence-electron chi connectivity index (χ0n) is 39.8. The lowest BCUT2D eigenvalue weighted by molar-refractivity contribution is 0.487. The Bertz CT molecular complexity index is 4270. The molecule has 1 aliphatic heterocycles. The number of ether oxygens (including phenoxy) is 1. The molecule has 0 N–H and O–H groups in total. The highest BCUT2D eigenvalue weighted by Crippen LogP contribution is 2.54. The number of anilines is 6. The van der Waals surface area contributed by atoms with Gasteiger partial charge in [0.05, 0.1) is 28.4 Å². The van der Waals surface area contributed by atoms with Gasteiger partial charge in [-0.2, -0.15) is 0 Å². The lowest BCUT2D eigenvalue weighted by Crippen LogP contribution is -2.12. The molecule has 1 aromatic heterocycles. The minimum absolute atomic E-state index is 0.801. The second-order valence-corrected chi connectivity index (χ2v) is 19.0. The lowest BCUT2D eigenvalue weighted by Gasteiger charge is -2.31. The van der Waals surface area contributed by atoms with Gasteiger partial charge < -0.3 is 19.0 Å². The zero-order chi connectivity index (χ0) is 47.9. The van der Waals surface area contributed by atoms with Gasteiger partial charge in [0.25, 0.3) is 0 Å². The van der Waals surface area contributed by atoms with Crippen LogP contribution >= 0.6 is 0 Å². The molecule has 340 valence electrons. The van der Waals surface area contributed by atoms with Crippen molar-refractivity contribution in [3.8, 4) is 44.9 Å². The van der Waals surface area contributed by atoms with Crippen LogP contribution in [0.4, 0.5) is 34.1 Å². The van der Waals surface area contributed by atoms with Gasteiger partial charge in [0.2, 0.25) is 0 Å². The molecule has 0 spiro atoms. The van der Waals surface area contributed by atoms with Crippen LogP contribution in [0.1, 0.15) is 11.1 Å². The molecule has 12 aromatic carbocycles. The van der Waals surface area contributed by atoms with Crippen LogP contribution < -0.4 is 14.5 Å². The van der Waals surface area contributed by atoms with Crippen molar-refractivity contribution in [3.63, 3.8) is 0 Å². The Morgan fingerprint density at radius 2 is 0.889 bits per heavy atom. The first-order valence-corrected chi connectivity index (χ1v) is 24.7. The first-order chi connectivity index (χ1) is 35.5. The van der Waals surface area contributed by atoms with Crippen molar-refractivity contribution in [2.24, 2.45) is 0 Å². The van der Waals surface area contributed by atoms with Gasteiger partial charge in [0.15, 0.2) is 5.58 Å². The van der Waals surface area contributed by atoms with Crippen molar-refractivity contribution in [1.82, 2.24) is 0 Å². The number of aryl methyl sites for hydroxylation is 2. The van der Waals surface area contributed by atoms with Crippen LogP contribution in [0.2, 0.25) is 0 Å². The van der Waals surface area contributed by atoms with Crippen LogP contribution in [-0.4, -0.2) is 0 Å². The van der Waals surface area contributed by atoms with E-state index >= 15 is 0 Å². The highest BCUT2D eigenvalue weighted by Gasteiger charge is 2.28. The molecule has 14 rings (SSSR count). The number of para-hydroxylation sites is 5. The number of hydrogen-bond donors (Lipinski definition) is 0. The molecule has 4 heteroatoms. The Morgan fingerprint density at radius 3 is 1.62 bits per heavy atom. The summed E-state index contributed by atoms with van der Waals surface area (Å²) in [6.45, 7) is 4.38. The zero-order valence-corrected chi connectivity index (χ0v) is 39.8. The van der Waals surface area contributed by atoms with E-state index in [4.69, 9.17) is 9.15 Å². The lowest BCUT2D eigenvalue weighted by atomic mass is 9.87. The SMILES string of the molecule is Cc1ccc2c(N(c3ccccc3)c3ccccc3-c3ccccc3)cc3c4cc(C)cc5c4c(cc3c2c1)-c1ccc(N(c2ccccc2-c2ccccc2)c2cccc3c2oc2ccccc23)cc1O5. The molecule has 0 fully saturated rings. The van der Waals surface area contributed by atoms with Crippen LogP contribution in [0.25, 0.3) is 87.6 Å². The van der Waals surface area contributed by atoms with E-state index in [1.54, 1.807) is 0 Å². The van der Waals surface area contributed by atoms with Crippen LogP contribution in [-0.2, 0) is 0 Å². The first kappa shape index (κ1) is 41.6. The predicted octanol–water partition coefficient (Wildman–Crippen LogP) is 19.7. The Morgan fingerprint density at radius 1 is 0.306 bits per heavy atom. The van der Waals surface area contributed by atoms with E-state index in [1.165, 1.54) is 32.7 Å². The van der Waals surface area contributed by atoms with Crippen molar-refractivity contribution < 1.29 is 9.15 Å². The monoisotopic (exact) mass is 922 g/mol. The number of rotatable bonds is 8. The third-order valence-corrected chi connectivity index (χ3v) is 14.5.